The van der Waals surface area contributed by atoms with Gasteiger partial charge in [-0.3, -0.25) is 4.79 Å². The molecular weight excluding hydrogens is 330 g/mol. The largest absolute Gasteiger partial charge is 0.349 e. The molecule has 5 heteroatoms. The second-order valence-corrected chi connectivity index (χ2v) is 8.24. The van der Waals surface area contributed by atoms with Gasteiger partial charge in [-0.05, 0) is 62.1 Å². The summed E-state index contributed by atoms with van der Waals surface area (Å²) in [6.07, 6.45) is 6.71. The third-order valence-corrected chi connectivity index (χ3v) is 6.04. The zero-order valence-corrected chi connectivity index (χ0v) is 16.1. The molecule has 2 N–H and O–H groups in total. The summed E-state index contributed by atoms with van der Waals surface area (Å²) in [7, 11) is 0. The van der Waals surface area contributed by atoms with E-state index >= 15 is 0 Å². The Morgan fingerprint density at radius 2 is 2.16 bits per heavy atom. The molecule has 1 aromatic carbocycles. The highest BCUT2D eigenvalue weighted by Gasteiger charge is 2.21. The van der Waals surface area contributed by atoms with E-state index < -0.39 is 0 Å². The molecule has 0 spiro atoms. The fourth-order valence-electron chi connectivity index (χ4n) is 3.86. The average Bonchev–Trinajstić information content (AvgIpc) is 2.68. The summed E-state index contributed by atoms with van der Waals surface area (Å²) in [4.78, 5) is 15.2. The number of hydrogen-bond donors (Lipinski definition) is 2. The molecule has 25 heavy (non-hydrogen) atoms. The van der Waals surface area contributed by atoms with Crippen molar-refractivity contribution in [3.63, 3.8) is 0 Å². The first kappa shape index (κ1) is 18.7. The third kappa shape index (κ3) is 5.47. The maximum atomic E-state index is 12.7. The Balaban J connectivity index is 1.51. The Hall–Kier alpha value is -1.04. The van der Waals surface area contributed by atoms with Gasteiger partial charge in [0, 0.05) is 43.5 Å². The van der Waals surface area contributed by atoms with Crippen molar-refractivity contribution in [3.8, 4) is 0 Å². The van der Waals surface area contributed by atoms with Crippen LogP contribution in [0.2, 0.25) is 0 Å². The predicted octanol–water partition coefficient (Wildman–Crippen LogP) is 2.71. The Labute approximate surface area is 156 Å². The standard InChI is InChI=1S/C20H31N3OS/c1-25-13-12-23-10-7-19(8-11-23)22-20(24)17-5-2-4-16(14-17)18-6-3-9-21-15-18/h2,4-5,14,18-19,21H,3,6-13,15H2,1H3,(H,22,24)/t18-/m1/s1. The number of amides is 1. The number of carbonyl (C=O) groups is 1. The zero-order chi connectivity index (χ0) is 17.5. The minimum Gasteiger partial charge on any atom is -0.349 e. The van der Waals surface area contributed by atoms with Crippen molar-refractivity contribution < 1.29 is 4.79 Å². The van der Waals surface area contributed by atoms with Gasteiger partial charge in [-0.25, -0.2) is 0 Å². The van der Waals surface area contributed by atoms with Crippen molar-refractivity contribution in [3.05, 3.63) is 35.4 Å². The molecule has 138 valence electrons. The molecule has 2 aliphatic heterocycles. The highest BCUT2D eigenvalue weighted by molar-refractivity contribution is 7.98. The van der Waals surface area contributed by atoms with Crippen molar-refractivity contribution in [2.75, 3.05) is 44.7 Å². The molecule has 0 radical (unpaired) electrons. The van der Waals surface area contributed by atoms with Gasteiger partial charge in [0.2, 0.25) is 0 Å². The molecule has 0 bridgehead atoms. The van der Waals surface area contributed by atoms with Gasteiger partial charge >= 0.3 is 0 Å². The van der Waals surface area contributed by atoms with Crippen molar-refractivity contribution in [2.45, 2.75) is 37.6 Å². The van der Waals surface area contributed by atoms with Gasteiger partial charge in [-0.15, -0.1) is 0 Å². The van der Waals surface area contributed by atoms with Crippen molar-refractivity contribution in [2.24, 2.45) is 0 Å². The maximum Gasteiger partial charge on any atom is 0.251 e. The second-order valence-electron chi connectivity index (χ2n) is 7.25. The highest BCUT2D eigenvalue weighted by atomic mass is 32.2. The van der Waals surface area contributed by atoms with E-state index in [2.05, 4.69) is 33.9 Å². The lowest BCUT2D eigenvalue weighted by molar-refractivity contribution is 0.0913. The lowest BCUT2D eigenvalue weighted by atomic mass is 9.90. The van der Waals surface area contributed by atoms with Gasteiger partial charge in [0.15, 0.2) is 0 Å². The van der Waals surface area contributed by atoms with Crippen LogP contribution in [-0.4, -0.2) is 61.6 Å². The van der Waals surface area contributed by atoms with Crippen LogP contribution in [0.5, 0.6) is 0 Å². The Morgan fingerprint density at radius 1 is 1.32 bits per heavy atom. The molecule has 4 nitrogen and oxygen atoms in total. The number of nitrogens with one attached hydrogen (secondary N) is 2. The smallest absolute Gasteiger partial charge is 0.251 e. The second kappa shape index (κ2) is 9.60. The molecule has 2 heterocycles. The number of piperidine rings is 2. The van der Waals surface area contributed by atoms with Crippen molar-refractivity contribution in [1.82, 2.24) is 15.5 Å². The van der Waals surface area contributed by atoms with E-state index in [0.717, 1.165) is 44.6 Å². The van der Waals surface area contributed by atoms with Gasteiger partial charge < -0.3 is 15.5 Å². The van der Waals surface area contributed by atoms with Gasteiger partial charge in [0.1, 0.15) is 0 Å². The molecule has 2 fully saturated rings. The topological polar surface area (TPSA) is 44.4 Å². The summed E-state index contributed by atoms with van der Waals surface area (Å²) < 4.78 is 0. The predicted molar refractivity (Wildman–Crippen MR) is 107 cm³/mol. The molecular formula is C20H31N3OS. The molecule has 1 aromatic rings. The van der Waals surface area contributed by atoms with Crippen molar-refractivity contribution in [1.29, 1.82) is 0 Å². The van der Waals surface area contributed by atoms with Crippen LogP contribution in [0, 0.1) is 0 Å². The Bertz CT molecular complexity index is 552. The van der Waals surface area contributed by atoms with Crippen LogP contribution in [0.3, 0.4) is 0 Å². The number of likely N-dealkylation sites (tertiary alicyclic amines) is 1. The molecule has 0 unspecified atom stereocenters. The van der Waals surface area contributed by atoms with Gasteiger partial charge in [0.25, 0.3) is 5.91 Å². The highest BCUT2D eigenvalue weighted by Crippen LogP contribution is 2.24. The first-order valence-corrected chi connectivity index (χ1v) is 11.0. The minimum atomic E-state index is 0.0909. The molecule has 0 aromatic heterocycles. The van der Waals surface area contributed by atoms with E-state index in [1.54, 1.807) is 0 Å². The molecule has 1 atom stereocenters. The Morgan fingerprint density at radius 3 is 2.88 bits per heavy atom. The van der Waals surface area contributed by atoms with Crippen LogP contribution in [0.15, 0.2) is 24.3 Å². The van der Waals surface area contributed by atoms with Crippen LogP contribution in [0.25, 0.3) is 0 Å². The fourth-order valence-corrected chi connectivity index (χ4v) is 4.30. The number of thioether (sulfide) groups is 1. The normalized spacial score (nSPS) is 22.7. The molecule has 1 amide bonds. The van der Waals surface area contributed by atoms with E-state index in [1.165, 1.54) is 30.7 Å². The lowest BCUT2D eigenvalue weighted by Crippen LogP contribution is -2.45. The summed E-state index contributed by atoms with van der Waals surface area (Å²) in [6.45, 7) is 5.50. The summed E-state index contributed by atoms with van der Waals surface area (Å²) in [6, 6.07) is 8.56. The van der Waals surface area contributed by atoms with Gasteiger partial charge in [0.05, 0.1) is 0 Å². The van der Waals surface area contributed by atoms with Gasteiger partial charge in [-0.1, -0.05) is 12.1 Å². The third-order valence-electron chi connectivity index (χ3n) is 5.45. The van der Waals surface area contributed by atoms with E-state index in [-0.39, 0.29) is 5.91 Å². The zero-order valence-electron chi connectivity index (χ0n) is 15.3. The summed E-state index contributed by atoms with van der Waals surface area (Å²) in [5.41, 5.74) is 2.11. The molecule has 2 aliphatic rings. The molecule has 0 aliphatic carbocycles. The van der Waals surface area contributed by atoms with Gasteiger partial charge in [-0.2, -0.15) is 11.8 Å². The number of benzene rings is 1. The first-order chi connectivity index (χ1) is 12.3. The number of carbonyl (C=O) groups excluding carboxylic acids is 1. The van der Waals surface area contributed by atoms with Crippen molar-refractivity contribution >= 4 is 17.7 Å². The van der Waals surface area contributed by atoms with E-state index in [1.807, 2.05) is 23.9 Å². The average molecular weight is 362 g/mol. The molecule has 0 saturated carbocycles. The monoisotopic (exact) mass is 361 g/mol. The SMILES string of the molecule is CSCCN1CCC(NC(=O)c2cccc([C@@H]3CCCNC3)c2)CC1. The summed E-state index contributed by atoms with van der Waals surface area (Å²) in [5, 5.41) is 6.72. The maximum absolute atomic E-state index is 12.7. The number of nitrogens with zero attached hydrogens (tertiary/aromatic N) is 1. The van der Waals surface area contributed by atoms with Crippen LogP contribution in [-0.2, 0) is 0 Å². The van der Waals surface area contributed by atoms with Crippen LogP contribution < -0.4 is 10.6 Å². The summed E-state index contributed by atoms with van der Waals surface area (Å²) in [5.74, 6) is 1.83. The fraction of sp³-hybridized carbons (Fsp3) is 0.650. The summed E-state index contributed by atoms with van der Waals surface area (Å²) >= 11 is 1.90. The quantitative estimate of drug-likeness (QED) is 0.818. The first-order valence-electron chi connectivity index (χ1n) is 9.59. The van der Waals surface area contributed by atoms with Crippen LogP contribution in [0.4, 0.5) is 0 Å². The molecule has 2 saturated heterocycles. The number of hydrogen-bond acceptors (Lipinski definition) is 4. The Kier molecular flexibility index (Phi) is 7.20. The van der Waals surface area contributed by atoms with Crippen LogP contribution >= 0.6 is 11.8 Å². The lowest BCUT2D eigenvalue weighted by Gasteiger charge is -2.32. The van der Waals surface area contributed by atoms with E-state index in [9.17, 15) is 4.79 Å². The number of rotatable bonds is 6. The van der Waals surface area contributed by atoms with Crippen LogP contribution in [0.1, 0.15) is 47.5 Å². The van der Waals surface area contributed by atoms with E-state index in [4.69, 9.17) is 0 Å². The molecule has 3 rings (SSSR count). The minimum absolute atomic E-state index is 0.0909. The van der Waals surface area contributed by atoms with E-state index in [0.29, 0.717) is 12.0 Å².